The van der Waals surface area contributed by atoms with Crippen LogP contribution in [0.15, 0.2) is 33.8 Å². The molecule has 0 unspecified atom stereocenters. The summed E-state index contributed by atoms with van der Waals surface area (Å²) in [6.45, 7) is 10.4. The Hall–Kier alpha value is -0.430. The lowest BCUT2D eigenvalue weighted by molar-refractivity contribution is 0.906. The van der Waals surface area contributed by atoms with Crippen molar-refractivity contribution in [3.63, 3.8) is 0 Å². The first-order chi connectivity index (χ1) is 6.04. The van der Waals surface area contributed by atoms with Crippen molar-refractivity contribution in [1.29, 1.82) is 0 Å². The average molecular weight is 194 g/mol. The molecule has 1 heteroatoms. The fourth-order valence-electron chi connectivity index (χ4n) is 1.98. The molecule has 0 N–H and O–H groups in total. The number of rotatable bonds is 2. The van der Waals surface area contributed by atoms with E-state index in [2.05, 4.69) is 40.0 Å². The Morgan fingerprint density at radius 1 is 1.23 bits per heavy atom. The Balaban J connectivity index is 3.10. The molecule has 0 bridgehead atoms. The zero-order chi connectivity index (χ0) is 10.0. The van der Waals surface area contributed by atoms with Gasteiger partial charge >= 0.3 is 0 Å². The van der Waals surface area contributed by atoms with Crippen LogP contribution in [-0.4, -0.2) is 0 Å². The highest BCUT2D eigenvalue weighted by molar-refractivity contribution is 7.84. The fourth-order valence-corrected chi connectivity index (χ4v) is 2.36. The van der Waals surface area contributed by atoms with E-state index in [9.17, 15) is 0 Å². The molecule has 1 rings (SSSR count). The lowest BCUT2D eigenvalue weighted by Gasteiger charge is -2.12. The molecule has 0 aromatic heterocycles. The van der Waals surface area contributed by atoms with Crippen molar-refractivity contribution in [3.05, 3.63) is 33.8 Å². The van der Waals surface area contributed by atoms with Crippen LogP contribution in [0.25, 0.3) is 0 Å². The van der Waals surface area contributed by atoms with Gasteiger partial charge in [0.05, 0.1) is 0 Å². The molecule has 0 aromatic carbocycles. The molecule has 1 aliphatic carbocycles. The van der Waals surface area contributed by atoms with Gasteiger partial charge in [-0.1, -0.05) is 17.7 Å². The smallest absolute Gasteiger partial charge is 0.0146 e. The Labute approximate surface area is 86.8 Å². The Morgan fingerprint density at radius 3 is 2.15 bits per heavy atom. The summed E-state index contributed by atoms with van der Waals surface area (Å²) in [5.74, 6) is 0. The Bertz CT molecular complexity index is 288. The fraction of sp³-hybridized carbons (Fsp3) is 0.500. The van der Waals surface area contributed by atoms with Gasteiger partial charge in [0.25, 0.3) is 0 Å². The van der Waals surface area contributed by atoms with E-state index in [1.54, 1.807) is 0 Å². The van der Waals surface area contributed by atoms with Crippen LogP contribution in [0, 0.1) is 0 Å². The van der Waals surface area contributed by atoms with Gasteiger partial charge in [-0.05, 0) is 56.1 Å². The highest BCUT2D eigenvalue weighted by Gasteiger charge is 2.16. The van der Waals surface area contributed by atoms with Crippen molar-refractivity contribution in [2.24, 2.45) is 0 Å². The van der Waals surface area contributed by atoms with Gasteiger partial charge in [-0.2, -0.15) is 0 Å². The minimum absolute atomic E-state index is 1.14. The third-order valence-electron chi connectivity index (χ3n) is 2.42. The van der Waals surface area contributed by atoms with Crippen LogP contribution in [0.2, 0.25) is 0 Å². The monoisotopic (exact) mass is 194 g/mol. The van der Waals surface area contributed by atoms with Crippen LogP contribution >= 0.6 is 12.6 Å². The molecule has 0 aliphatic heterocycles. The largest absolute Gasteiger partial charge is 0.148 e. The molecule has 13 heavy (non-hydrogen) atoms. The summed E-state index contributed by atoms with van der Waals surface area (Å²) in [5, 5.41) is 0. The van der Waals surface area contributed by atoms with Crippen LogP contribution in [0.3, 0.4) is 0 Å². The zero-order valence-corrected chi connectivity index (χ0v) is 9.67. The summed E-state index contributed by atoms with van der Waals surface area (Å²) >= 11 is 4.52. The van der Waals surface area contributed by atoms with E-state index in [0.29, 0.717) is 0 Å². The molecule has 0 spiro atoms. The summed E-state index contributed by atoms with van der Waals surface area (Å²) in [6, 6.07) is 0. The molecular weight excluding hydrogens is 176 g/mol. The maximum atomic E-state index is 4.52. The van der Waals surface area contributed by atoms with Crippen molar-refractivity contribution in [1.82, 2.24) is 0 Å². The predicted octanol–water partition coefficient (Wildman–Crippen LogP) is 4.27. The standard InChI is InChI=1S/C12H18S/c1-8(2)12(9(3)4)10-6-5-7-11(10)13/h13H,1,5-7H2,2-4H3. The van der Waals surface area contributed by atoms with Crippen LogP contribution in [-0.2, 0) is 0 Å². The van der Waals surface area contributed by atoms with E-state index < -0.39 is 0 Å². The molecule has 0 saturated carbocycles. The van der Waals surface area contributed by atoms with Gasteiger partial charge in [-0.25, -0.2) is 0 Å². The second kappa shape index (κ2) is 4.19. The summed E-state index contributed by atoms with van der Waals surface area (Å²) in [4.78, 5) is 1.26. The topological polar surface area (TPSA) is 0 Å². The van der Waals surface area contributed by atoms with Crippen molar-refractivity contribution < 1.29 is 0 Å². The van der Waals surface area contributed by atoms with E-state index in [0.717, 1.165) is 6.42 Å². The quantitative estimate of drug-likeness (QED) is 0.492. The molecular formula is C12H18S. The molecule has 0 aromatic rings. The van der Waals surface area contributed by atoms with E-state index in [1.807, 2.05) is 0 Å². The maximum Gasteiger partial charge on any atom is -0.0146 e. The zero-order valence-electron chi connectivity index (χ0n) is 8.78. The maximum absolute atomic E-state index is 4.52. The molecule has 0 radical (unpaired) electrons. The SMILES string of the molecule is C=C(C)C(=C(C)C)C1=C(S)CCC1. The second-order valence-electron chi connectivity index (χ2n) is 3.93. The number of thiol groups is 1. The van der Waals surface area contributed by atoms with E-state index in [-0.39, 0.29) is 0 Å². The summed E-state index contributed by atoms with van der Waals surface area (Å²) in [6.07, 6.45) is 3.56. The molecule has 0 amide bonds. The number of allylic oxidation sites excluding steroid dienone is 5. The van der Waals surface area contributed by atoms with Crippen molar-refractivity contribution in [2.45, 2.75) is 40.0 Å². The Morgan fingerprint density at radius 2 is 1.85 bits per heavy atom. The third-order valence-corrected chi connectivity index (χ3v) is 2.91. The molecule has 0 nitrogen and oxygen atoms in total. The third kappa shape index (κ3) is 2.28. The van der Waals surface area contributed by atoms with E-state index in [4.69, 9.17) is 0 Å². The molecule has 0 fully saturated rings. The average Bonchev–Trinajstić information content (AvgIpc) is 2.35. The summed E-state index contributed by atoms with van der Waals surface area (Å²) in [5.41, 5.74) is 5.30. The molecule has 72 valence electrons. The van der Waals surface area contributed by atoms with Gasteiger partial charge in [0.15, 0.2) is 0 Å². The molecule has 1 aliphatic rings. The van der Waals surface area contributed by atoms with Gasteiger partial charge in [0, 0.05) is 0 Å². The highest BCUT2D eigenvalue weighted by atomic mass is 32.1. The molecule has 0 heterocycles. The van der Waals surface area contributed by atoms with Crippen LogP contribution in [0.1, 0.15) is 40.0 Å². The Kier molecular flexibility index (Phi) is 3.43. The van der Waals surface area contributed by atoms with Crippen LogP contribution in [0.4, 0.5) is 0 Å². The minimum atomic E-state index is 1.14. The molecule has 0 saturated heterocycles. The van der Waals surface area contributed by atoms with E-state index >= 15 is 0 Å². The van der Waals surface area contributed by atoms with Crippen molar-refractivity contribution >= 4 is 12.6 Å². The number of hydrogen-bond acceptors (Lipinski definition) is 1. The van der Waals surface area contributed by atoms with Crippen LogP contribution < -0.4 is 0 Å². The van der Waals surface area contributed by atoms with Gasteiger partial charge in [-0.15, -0.1) is 12.6 Å². The van der Waals surface area contributed by atoms with E-state index in [1.165, 1.54) is 40.0 Å². The van der Waals surface area contributed by atoms with Crippen molar-refractivity contribution in [3.8, 4) is 0 Å². The van der Waals surface area contributed by atoms with Gasteiger partial charge in [0.2, 0.25) is 0 Å². The van der Waals surface area contributed by atoms with Crippen molar-refractivity contribution in [2.75, 3.05) is 0 Å². The first kappa shape index (κ1) is 10.6. The van der Waals surface area contributed by atoms with Gasteiger partial charge in [-0.3, -0.25) is 0 Å². The summed E-state index contributed by atoms with van der Waals surface area (Å²) < 4.78 is 0. The minimum Gasteiger partial charge on any atom is -0.148 e. The highest BCUT2D eigenvalue weighted by Crippen LogP contribution is 2.37. The predicted molar refractivity (Wildman–Crippen MR) is 63.1 cm³/mol. The van der Waals surface area contributed by atoms with Gasteiger partial charge < -0.3 is 0 Å². The normalized spacial score (nSPS) is 16.3. The first-order valence-corrected chi connectivity index (χ1v) is 5.23. The van der Waals surface area contributed by atoms with Crippen LogP contribution in [0.5, 0.6) is 0 Å². The lowest BCUT2D eigenvalue weighted by Crippen LogP contribution is -1.92. The number of hydrogen-bond donors (Lipinski definition) is 1. The van der Waals surface area contributed by atoms with Gasteiger partial charge in [0.1, 0.15) is 0 Å². The summed E-state index contributed by atoms with van der Waals surface area (Å²) in [7, 11) is 0. The second-order valence-corrected chi connectivity index (χ2v) is 4.47. The molecule has 0 atom stereocenters. The lowest BCUT2D eigenvalue weighted by atomic mass is 9.95. The first-order valence-electron chi connectivity index (χ1n) is 4.78.